The van der Waals surface area contributed by atoms with Crippen molar-refractivity contribution in [3.63, 3.8) is 0 Å². The lowest BCUT2D eigenvalue weighted by molar-refractivity contribution is 0.375. The average molecular weight is 140 g/mol. The van der Waals surface area contributed by atoms with E-state index in [4.69, 9.17) is 5.11 Å². The van der Waals surface area contributed by atoms with Gasteiger partial charge in [0.1, 0.15) is 3.91 Å². The zero-order valence-corrected chi connectivity index (χ0v) is 5.41. The Balaban J connectivity index is 1.88. The fourth-order valence-corrected chi connectivity index (χ4v) is 2.66. The van der Waals surface area contributed by atoms with Crippen LogP contribution >= 0.6 is 33.3 Å². The molecule has 1 heterocycles. The molecule has 36 valence electrons. The summed E-state index contributed by atoms with van der Waals surface area (Å²) in [4.78, 5) is 0. The van der Waals surface area contributed by atoms with Crippen LogP contribution in [-0.2, 0) is 0 Å². The van der Waals surface area contributed by atoms with Gasteiger partial charge in [-0.25, -0.2) is 0 Å². The normalized spacial score (nSPS) is 21.5. The van der Waals surface area contributed by atoms with Gasteiger partial charge in [-0.3, -0.25) is 0 Å². The first kappa shape index (κ1) is 5.15. The predicted molar refractivity (Wildman–Crippen MR) is 33.6 cm³/mol. The van der Waals surface area contributed by atoms with Gasteiger partial charge in [0.05, 0.1) is 5.94 Å². The van der Waals surface area contributed by atoms with E-state index < -0.39 is 0 Å². The Morgan fingerprint density at radius 1 is 1.67 bits per heavy atom. The van der Waals surface area contributed by atoms with Crippen LogP contribution in [0, 0.1) is 0 Å². The second-order valence-electron chi connectivity index (χ2n) is 0.777. The molecule has 0 atom stereocenters. The maximum absolute atomic E-state index is 8.21. The van der Waals surface area contributed by atoms with Gasteiger partial charge in [-0.1, -0.05) is 21.6 Å². The van der Waals surface area contributed by atoms with Gasteiger partial charge in [-0.15, -0.1) is 11.8 Å². The van der Waals surface area contributed by atoms with E-state index in [-0.39, 0.29) is 5.94 Å². The third-order valence-corrected chi connectivity index (χ3v) is 4.44. The van der Waals surface area contributed by atoms with Gasteiger partial charge >= 0.3 is 0 Å². The lowest BCUT2D eigenvalue weighted by Crippen LogP contribution is -1.71. The van der Waals surface area contributed by atoms with Gasteiger partial charge in [0.2, 0.25) is 0 Å². The van der Waals surface area contributed by atoms with Crippen LogP contribution in [0.2, 0.25) is 0 Å². The van der Waals surface area contributed by atoms with Crippen molar-refractivity contribution in [2.24, 2.45) is 0 Å². The van der Waals surface area contributed by atoms with Crippen molar-refractivity contribution in [1.82, 2.24) is 0 Å². The first-order valence-electron chi connectivity index (χ1n) is 1.48. The Kier molecular flexibility index (Phi) is 2.02. The van der Waals surface area contributed by atoms with E-state index in [1.165, 1.54) is 0 Å². The molecular weight excluding hydrogens is 136 g/mol. The van der Waals surface area contributed by atoms with E-state index in [0.29, 0.717) is 3.91 Å². The van der Waals surface area contributed by atoms with Crippen LogP contribution in [0.3, 0.4) is 0 Å². The molecule has 0 aromatic rings. The smallest absolute Gasteiger partial charge is 0.118 e. The quantitative estimate of drug-likeness (QED) is 0.355. The van der Waals surface area contributed by atoms with E-state index in [2.05, 4.69) is 0 Å². The number of rotatable bonds is 2. The molecular formula is C2H4OS3. The van der Waals surface area contributed by atoms with E-state index in [9.17, 15) is 0 Å². The van der Waals surface area contributed by atoms with Crippen molar-refractivity contribution in [2.45, 2.75) is 3.91 Å². The Morgan fingerprint density at radius 2 is 2.33 bits per heavy atom. The molecule has 0 amide bonds. The first-order chi connectivity index (χ1) is 2.93. The van der Waals surface area contributed by atoms with E-state index in [0.717, 1.165) is 0 Å². The third-order valence-electron chi connectivity index (χ3n) is 0.385. The fourth-order valence-electron chi connectivity index (χ4n) is 0.139. The minimum atomic E-state index is 0.269. The maximum atomic E-state index is 8.21. The Hall–Kier alpha value is 1.01. The highest BCUT2D eigenvalue weighted by Gasteiger charge is 2.23. The van der Waals surface area contributed by atoms with Crippen molar-refractivity contribution in [3.05, 3.63) is 0 Å². The minimum absolute atomic E-state index is 0.269. The molecule has 1 aliphatic heterocycles. The molecule has 0 aromatic heterocycles. The Labute approximate surface area is 48.7 Å². The molecule has 4 heteroatoms. The lowest BCUT2D eigenvalue weighted by atomic mass is 11.7. The number of hydrogen-bond acceptors (Lipinski definition) is 4. The van der Waals surface area contributed by atoms with Crippen LogP contribution in [-0.4, -0.2) is 15.0 Å². The van der Waals surface area contributed by atoms with Crippen LogP contribution in [0.15, 0.2) is 0 Å². The molecule has 1 rings (SSSR count). The van der Waals surface area contributed by atoms with Gasteiger partial charge in [-0.2, -0.15) is 0 Å². The number of thioether (sulfide) groups is 1. The zero-order valence-electron chi connectivity index (χ0n) is 2.96. The number of hydrogen-bond donors (Lipinski definition) is 1. The molecule has 1 fully saturated rings. The minimum Gasteiger partial charge on any atom is -0.386 e. The lowest BCUT2D eigenvalue weighted by Gasteiger charge is -1.80. The monoisotopic (exact) mass is 140 g/mol. The molecule has 0 aliphatic carbocycles. The zero-order chi connectivity index (χ0) is 4.41. The number of aliphatic hydroxyl groups is 1. The molecule has 0 aromatic carbocycles. The summed E-state index contributed by atoms with van der Waals surface area (Å²) >= 11 is 1.58. The SMILES string of the molecule is OCSC1SS1. The molecule has 0 saturated carbocycles. The maximum Gasteiger partial charge on any atom is 0.118 e. The van der Waals surface area contributed by atoms with Gasteiger partial charge in [0, 0.05) is 0 Å². The van der Waals surface area contributed by atoms with Crippen molar-refractivity contribution in [1.29, 1.82) is 0 Å². The molecule has 0 radical (unpaired) electrons. The summed E-state index contributed by atoms with van der Waals surface area (Å²) in [7, 11) is 3.62. The highest BCUT2D eigenvalue weighted by molar-refractivity contribution is 8.96. The summed E-state index contributed by atoms with van der Waals surface area (Å²) in [6, 6.07) is 0. The van der Waals surface area contributed by atoms with Crippen molar-refractivity contribution < 1.29 is 5.11 Å². The summed E-state index contributed by atoms with van der Waals surface area (Å²) in [5.41, 5.74) is 0. The number of aliphatic hydroxyl groups excluding tert-OH is 1. The summed E-state index contributed by atoms with van der Waals surface area (Å²) < 4.78 is 0.648. The van der Waals surface area contributed by atoms with Gasteiger partial charge in [0.15, 0.2) is 0 Å². The molecule has 6 heavy (non-hydrogen) atoms. The molecule has 0 bridgehead atoms. The molecule has 0 unspecified atom stereocenters. The second kappa shape index (κ2) is 2.35. The van der Waals surface area contributed by atoms with Crippen molar-refractivity contribution in [2.75, 3.05) is 5.94 Å². The van der Waals surface area contributed by atoms with Gasteiger partial charge in [0.25, 0.3) is 0 Å². The highest BCUT2D eigenvalue weighted by Crippen LogP contribution is 2.59. The highest BCUT2D eigenvalue weighted by atomic mass is 33.2. The van der Waals surface area contributed by atoms with Gasteiger partial charge < -0.3 is 5.11 Å². The summed E-state index contributed by atoms with van der Waals surface area (Å²) in [6.45, 7) is 0. The molecule has 1 nitrogen and oxygen atoms in total. The van der Waals surface area contributed by atoms with Crippen LogP contribution in [0.4, 0.5) is 0 Å². The molecule has 1 aliphatic rings. The largest absolute Gasteiger partial charge is 0.386 e. The summed E-state index contributed by atoms with van der Waals surface area (Å²) in [5.74, 6) is 0.269. The van der Waals surface area contributed by atoms with E-state index in [1.807, 2.05) is 21.6 Å². The van der Waals surface area contributed by atoms with E-state index >= 15 is 0 Å². The third kappa shape index (κ3) is 1.64. The van der Waals surface area contributed by atoms with Crippen molar-refractivity contribution in [3.8, 4) is 0 Å². The van der Waals surface area contributed by atoms with Crippen LogP contribution in [0.5, 0.6) is 0 Å². The second-order valence-corrected chi connectivity index (χ2v) is 5.22. The fraction of sp³-hybridized carbons (Fsp3) is 1.00. The average Bonchev–Trinajstić information content (AvgIpc) is 2.21. The molecule has 1 saturated heterocycles. The van der Waals surface area contributed by atoms with Crippen molar-refractivity contribution >= 4 is 33.3 Å². The first-order valence-corrected chi connectivity index (χ1v) is 4.80. The standard InChI is InChI=1S/C2H4OS3/c3-1-4-2-5-6-2/h2-3H,1H2. The summed E-state index contributed by atoms with van der Waals surface area (Å²) in [6.07, 6.45) is 0. The van der Waals surface area contributed by atoms with Crippen LogP contribution in [0.25, 0.3) is 0 Å². The molecule has 0 spiro atoms. The predicted octanol–water partition coefficient (Wildman–Crippen LogP) is 1.35. The topological polar surface area (TPSA) is 20.2 Å². The Bertz CT molecular complexity index is 44.1. The molecule has 1 N–H and O–H groups in total. The van der Waals surface area contributed by atoms with E-state index in [1.54, 1.807) is 11.8 Å². The van der Waals surface area contributed by atoms with Crippen LogP contribution < -0.4 is 0 Å². The Morgan fingerprint density at radius 3 is 2.50 bits per heavy atom. The summed E-state index contributed by atoms with van der Waals surface area (Å²) in [5, 5.41) is 8.21. The van der Waals surface area contributed by atoms with Crippen LogP contribution in [0.1, 0.15) is 0 Å². The van der Waals surface area contributed by atoms with Gasteiger partial charge in [-0.05, 0) is 0 Å².